The van der Waals surface area contributed by atoms with Gasteiger partial charge in [0, 0.05) is 30.7 Å². The molecule has 1 amide bonds. The van der Waals surface area contributed by atoms with Crippen LogP contribution in [-0.2, 0) is 24.3 Å². The first-order valence-corrected chi connectivity index (χ1v) is 9.66. The van der Waals surface area contributed by atoms with Gasteiger partial charge in [-0.2, -0.15) is 0 Å². The molecule has 0 aromatic carbocycles. The van der Waals surface area contributed by atoms with Gasteiger partial charge in [0.15, 0.2) is 0 Å². The van der Waals surface area contributed by atoms with Crippen molar-refractivity contribution < 1.29 is 4.79 Å². The van der Waals surface area contributed by atoms with Crippen molar-refractivity contribution in [1.29, 1.82) is 0 Å². The monoisotopic (exact) mass is 344 g/mol. The quantitative estimate of drug-likeness (QED) is 0.876. The van der Waals surface area contributed by atoms with E-state index in [1.165, 1.54) is 24.3 Å². The first-order valence-electron chi connectivity index (χ1n) is 8.78. The minimum atomic E-state index is 0.0429. The van der Waals surface area contributed by atoms with Crippen LogP contribution >= 0.6 is 11.3 Å². The van der Waals surface area contributed by atoms with E-state index in [2.05, 4.69) is 27.9 Å². The number of nitrogens with zero attached hydrogens (tertiary/aromatic N) is 3. The Bertz CT molecular complexity index is 705. The number of hydrogen-bond donors (Lipinski definition) is 1. The highest BCUT2D eigenvalue weighted by molar-refractivity contribution is 7.09. The highest BCUT2D eigenvalue weighted by atomic mass is 32.1. The van der Waals surface area contributed by atoms with Crippen molar-refractivity contribution in [3.8, 4) is 0 Å². The van der Waals surface area contributed by atoms with Crippen LogP contribution in [0.15, 0.2) is 23.7 Å². The van der Waals surface area contributed by atoms with Gasteiger partial charge >= 0.3 is 0 Å². The lowest BCUT2D eigenvalue weighted by molar-refractivity contribution is -0.120. The predicted molar refractivity (Wildman–Crippen MR) is 94.8 cm³/mol. The molecule has 3 heterocycles. The van der Waals surface area contributed by atoms with Crippen molar-refractivity contribution in [3.63, 3.8) is 0 Å². The standard InChI is InChI=1S/C18H24N4OS/c1-13-18-20-15(9-17(23)19-10-16-3-2-8-24-16)12-22(18)7-6-21(13)11-14-4-5-14/h2-3,8,12-14H,4-7,9-11H2,1H3,(H,19,23)/t13-/m0/s1. The zero-order valence-corrected chi connectivity index (χ0v) is 14.9. The number of thiophene rings is 1. The van der Waals surface area contributed by atoms with Crippen molar-refractivity contribution in [2.24, 2.45) is 5.92 Å². The van der Waals surface area contributed by atoms with Crippen LogP contribution in [0.2, 0.25) is 0 Å². The van der Waals surface area contributed by atoms with Crippen LogP contribution < -0.4 is 5.32 Å². The first-order chi connectivity index (χ1) is 11.7. The second kappa shape index (κ2) is 6.69. The highest BCUT2D eigenvalue weighted by Crippen LogP contribution is 2.33. The molecule has 1 atom stereocenters. The number of imidazole rings is 1. The van der Waals surface area contributed by atoms with Crippen LogP contribution in [0.4, 0.5) is 0 Å². The molecule has 0 saturated heterocycles. The Kier molecular flexibility index (Phi) is 4.41. The van der Waals surface area contributed by atoms with E-state index in [-0.39, 0.29) is 5.91 Å². The fourth-order valence-electron chi connectivity index (χ4n) is 3.38. The van der Waals surface area contributed by atoms with Crippen LogP contribution in [0.3, 0.4) is 0 Å². The Morgan fingerprint density at radius 3 is 3.04 bits per heavy atom. The summed E-state index contributed by atoms with van der Waals surface area (Å²) in [7, 11) is 0. The lowest BCUT2D eigenvalue weighted by Gasteiger charge is -2.33. The van der Waals surface area contributed by atoms with Crippen LogP contribution in [-0.4, -0.2) is 33.4 Å². The molecule has 24 heavy (non-hydrogen) atoms. The Morgan fingerprint density at radius 1 is 1.42 bits per heavy atom. The fraction of sp³-hybridized carbons (Fsp3) is 0.556. The molecule has 1 aliphatic heterocycles. The summed E-state index contributed by atoms with van der Waals surface area (Å²) in [5.41, 5.74) is 0.883. The smallest absolute Gasteiger partial charge is 0.226 e. The topological polar surface area (TPSA) is 50.2 Å². The van der Waals surface area contributed by atoms with Gasteiger partial charge in [0.1, 0.15) is 5.82 Å². The number of carbonyl (C=O) groups is 1. The van der Waals surface area contributed by atoms with Crippen LogP contribution in [0, 0.1) is 5.92 Å². The molecule has 1 N–H and O–H groups in total. The summed E-state index contributed by atoms with van der Waals surface area (Å²) in [4.78, 5) is 20.6. The first kappa shape index (κ1) is 15.8. The van der Waals surface area contributed by atoms with E-state index in [1.54, 1.807) is 11.3 Å². The molecule has 5 nitrogen and oxygen atoms in total. The van der Waals surface area contributed by atoms with Gasteiger partial charge in [-0.05, 0) is 37.1 Å². The van der Waals surface area contributed by atoms with E-state index in [0.29, 0.717) is 19.0 Å². The molecular formula is C18H24N4OS. The van der Waals surface area contributed by atoms with Crippen molar-refractivity contribution in [1.82, 2.24) is 19.8 Å². The van der Waals surface area contributed by atoms with Gasteiger partial charge in [-0.1, -0.05) is 6.07 Å². The minimum Gasteiger partial charge on any atom is -0.351 e. The third kappa shape index (κ3) is 3.54. The molecule has 0 radical (unpaired) electrons. The molecule has 0 spiro atoms. The average Bonchev–Trinajstić information content (AvgIpc) is 3.07. The molecule has 1 fully saturated rings. The zero-order chi connectivity index (χ0) is 16.5. The predicted octanol–water partition coefficient (Wildman–Crippen LogP) is 2.59. The number of nitrogens with one attached hydrogen (secondary N) is 1. The minimum absolute atomic E-state index is 0.0429. The van der Waals surface area contributed by atoms with Crippen molar-refractivity contribution in [2.45, 2.75) is 45.3 Å². The summed E-state index contributed by atoms with van der Waals surface area (Å²) in [6.45, 7) is 6.11. The van der Waals surface area contributed by atoms with Crippen molar-refractivity contribution in [2.75, 3.05) is 13.1 Å². The van der Waals surface area contributed by atoms with Crippen molar-refractivity contribution in [3.05, 3.63) is 40.1 Å². The van der Waals surface area contributed by atoms with E-state index >= 15 is 0 Å². The fourth-order valence-corrected chi connectivity index (χ4v) is 4.03. The number of hydrogen-bond acceptors (Lipinski definition) is 4. The Hall–Kier alpha value is -1.66. The molecule has 1 aliphatic carbocycles. The van der Waals surface area contributed by atoms with E-state index in [4.69, 9.17) is 4.98 Å². The number of rotatable bonds is 6. The third-order valence-corrected chi connectivity index (χ3v) is 5.85. The van der Waals surface area contributed by atoms with Gasteiger partial charge in [0.2, 0.25) is 5.91 Å². The van der Waals surface area contributed by atoms with Gasteiger partial charge in [-0.3, -0.25) is 9.69 Å². The summed E-state index contributed by atoms with van der Waals surface area (Å²) >= 11 is 1.66. The van der Waals surface area contributed by atoms with E-state index in [1.807, 2.05) is 17.5 Å². The maximum absolute atomic E-state index is 12.2. The van der Waals surface area contributed by atoms with Gasteiger partial charge < -0.3 is 9.88 Å². The molecule has 2 aliphatic rings. The SMILES string of the molecule is C[C@H]1c2nc(CC(=O)NCc3cccs3)cn2CCN1CC1CC1. The molecule has 2 aromatic rings. The lowest BCUT2D eigenvalue weighted by Crippen LogP contribution is -2.38. The largest absolute Gasteiger partial charge is 0.351 e. The van der Waals surface area contributed by atoms with Gasteiger partial charge in [-0.25, -0.2) is 4.98 Å². The number of aromatic nitrogens is 2. The Labute approximate surface area is 146 Å². The van der Waals surface area contributed by atoms with E-state index in [9.17, 15) is 4.79 Å². The second-order valence-electron chi connectivity index (χ2n) is 6.93. The average molecular weight is 344 g/mol. The van der Waals surface area contributed by atoms with Gasteiger partial charge in [-0.15, -0.1) is 11.3 Å². The van der Waals surface area contributed by atoms with Crippen LogP contribution in [0.5, 0.6) is 0 Å². The highest BCUT2D eigenvalue weighted by Gasteiger charge is 2.31. The summed E-state index contributed by atoms with van der Waals surface area (Å²) in [5.74, 6) is 2.06. The summed E-state index contributed by atoms with van der Waals surface area (Å²) in [6, 6.07) is 4.39. The molecule has 1 saturated carbocycles. The number of amides is 1. The molecule has 0 unspecified atom stereocenters. The van der Waals surface area contributed by atoms with Crippen LogP contribution in [0.1, 0.15) is 42.2 Å². The molecule has 4 rings (SSSR count). The van der Waals surface area contributed by atoms with E-state index in [0.717, 1.165) is 30.5 Å². The van der Waals surface area contributed by atoms with Crippen LogP contribution in [0.25, 0.3) is 0 Å². The normalized spacial score (nSPS) is 20.8. The Morgan fingerprint density at radius 2 is 2.29 bits per heavy atom. The molecule has 128 valence electrons. The number of fused-ring (bicyclic) bond motifs is 1. The zero-order valence-electron chi connectivity index (χ0n) is 14.1. The lowest BCUT2D eigenvalue weighted by atomic mass is 10.2. The Balaban J connectivity index is 1.36. The molecular weight excluding hydrogens is 320 g/mol. The second-order valence-corrected chi connectivity index (χ2v) is 7.96. The number of carbonyl (C=O) groups excluding carboxylic acids is 1. The third-order valence-electron chi connectivity index (χ3n) is 4.98. The van der Waals surface area contributed by atoms with Crippen molar-refractivity contribution >= 4 is 17.2 Å². The molecule has 2 aromatic heterocycles. The summed E-state index contributed by atoms with van der Waals surface area (Å²) in [6.07, 6.45) is 5.19. The molecule has 6 heteroatoms. The van der Waals surface area contributed by atoms with Gasteiger partial charge in [0.05, 0.1) is 24.7 Å². The van der Waals surface area contributed by atoms with Gasteiger partial charge in [0.25, 0.3) is 0 Å². The summed E-state index contributed by atoms with van der Waals surface area (Å²) in [5, 5.41) is 5.01. The maximum Gasteiger partial charge on any atom is 0.226 e. The maximum atomic E-state index is 12.2. The summed E-state index contributed by atoms with van der Waals surface area (Å²) < 4.78 is 2.23. The van der Waals surface area contributed by atoms with E-state index < -0.39 is 0 Å². The molecule has 0 bridgehead atoms.